The SMILES string of the molecule is COc1ccc(-c2cc(=O)c3c(O)cc(O[C@@H]4O[C@@H](O[C@H]5O[C@H](CO)[C@@H](O)[C@H](O)[C@H]5O)[C@H](O)[C@@H](O)[C@H]4O)cc3o2)cc1. The first kappa shape index (κ1) is 30.1. The first-order valence-corrected chi connectivity index (χ1v) is 12.8. The monoisotopic (exact) mass is 594 g/mol. The van der Waals surface area contributed by atoms with Crippen LogP contribution in [0.15, 0.2) is 51.7 Å². The summed E-state index contributed by atoms with van der Waals surface area (Å²) in [6.07, 6.45) is -17.6. The number of phenols is 1. The zero-order valence-electron chi connectivity index (χ0n) is 22.0. The van der Waals surface area contributed by atoms with E-state index in [1.165, 1.54) is 19.2 Å². The zero-order chi connectivity index (χ0) is 30.3. The fourth-order valence-electron chi connectivity index (χ4n) is 4.68. The number of aliphatic hydroxyl groups excluding tert-OH is 7. The number of ether oxygens (including phenoxy) is 5. The number of hydrogen-bond donors (Lipinski definition) is 8. The molecule has 15 heteroatoms. The molecule has 0 aliphatic carbocycles. The average molecular weight is 595 g/mol. The van der Waals surface area contributed by atoms with Gasteiger partial charge in [-0.15, -0.1) is 0 Å². The lowest BCUT2D eigenvalue weighted by atomic mass is 9.99. The maximum Gasteiger partial charge on any atom is 0.231 e. The summed E-state index contributed by atoms with van der Waals surface area (Å²) in [5.41, 5.74) is -0.0909. The standard InChI is InChI=1S/C27H30O15/c1-37-11-4-2-10(3-5-11)15-8-14(30)18-13(29)6-12(7-16(18)39-15)38-25-23(35)21(33)24(36)27(41-25)42-26-22(34)20(32)19(31)17(9-28)40-26/h2-8,17,19-29,31-36H,9H2,1H3/t17-,19-,20+,21+,22-,23-,24-,25-,26-,27+/m1/s1. The highest BCUT2D eigenvalue weighted by Crippen LogP contribution is 2.34. The molecule has 0 radical (unpaired) electrons. The van der Waals surface area contributed by atoms with Crippen molar-refractivity contribution in [2.45, 2.75) is 61.6 Å². The Balaban J connectivity index is 1.39. The van der Waals surface area contributed by atoms with Crippen LogP contribution in [0.4, 0.5) is 0 Å². The smallest absolute Gasteiger partial charge is 0.231 e. The number of benzene rings is 2. The van der Waals surface area contributed by atoms with Crippen LogP contribution >= 0.6 is 0 Å². The minimum atomic E-state index is -1.91. The molecule has 2 fully saturated rings. The summed E-state index contributed by atoms with van der Waals surface area (Å²) < 4.78 is 32.7. The molecule has 0 bridgehead atoms. The zero-order valence-corrected chi connectivity index (χ0v) is 22.0. The van der Waals surface area contributed by atoms with Gasteiger partial charge in [-0.2, -0.15) is 0 Å². The van der Waals surface area contributed by atoms with Crippen LogP contribution < -0.4 is 14.9 Å². The van der Waals surface area contributed by atoms with Crippen LogP contribution in [-0.2, 0) is 14.2 Å². The lowest BCUT2D eigenvalue weighted by Gasteiger charge is -2.44. The summed E-state index contributed by atoms with van der Waals surface area (Å²) in [6.45, 7) is -0.742. The van der Waals surface area contributed by atoms with Gasteiger partial charge in [0, 0.05) is 23.8 Å². The molecule has 2 aromatic carbocycles. The minimum Gasteiger partial charge on any atom is -0.507 e. The van der Waals surface area contributed by atoms with Gasteiger partial charge in [0.1, 0.15) is 76.7 Å². The lowest BCUT2D eigenvalue weighted by molar-refractivity contribution is -0.390. The van der Waals surface area contributed by atoms with Gasteiger partial charge in [-0.3, -0.25) is 4.79 Å². The van der Waals surface area contributed by atoms with Crippen molar-refractivity contribution in [2.75, 3.05) is 13.7 Å². The molecule has 0 spiro atoms. The van der Waals surface area contributed by atoms with Gasteiger partial charge in [-0.1, -0.05) is 0 Å². The molecule has 0 amide bonds. The molecule has 10 atom stereocenters. The first-order chi connectivity index (χ1) is 20.0. The molecule has 8 N–H and O–H groups in total. The highest BCUT2D eigenvalue weighted by atomic mass is 16.8. The number of fused-ring (bicyclic) bond motifs is 1. The Hall–Kier alpha value is -3.35. The van der Waals surface area contributed by atoms with Gasteiger partial charge in [0.05, 0.1) is 13.7 Å². The summed E-state index contributed by atoms with van der Waals surface area (Å²) in [5, 5.41) is 81.4. The molecule has 2 saturated heterocycles. The quantitative estimate of drug-likeness (QED) is 0.150. The van der Waals surface area contributed by atoms with Crippen LogP contribution in [0.25, 0.3) is 22.3 Å². The molecule has 0 saturated carbocycles. The van der Waals surface area contributed by atoms with Crippen LogP contribution in [0.1, 0.15) is 0 Å². The number of aromatic hydroxyl groups is 1. The second kappa shape index (κ2) is 12.1. The second-order valence-electron chi connectivity index (χ2n) is 9.81. The van der Waals surface area contributed by atoms with Gasteiger partial charge in [0.2, 0.25) is 6.29 Å². The largest absolute Gasteiger partial charge is 0.507 e. The van der Waals surface area contributed by atoms with Crippen molar-refractivity contribution in [1.82, 2.24) is 0 Å². The molecular formula is C27H30O15. The van der Waals surface area contributed by atoms with Gasteiger partial charge < -0.3 is 69.0 Å². The third-order valence-electron chi connectivity index (χ3n) is 7.05. The maximum atomic E-state index is 12.8. The van der Waals surface area contributed by atoms with E-state index in [0.717, 1.165) is 6.07 Å². The molecule has 228 valence electrons. The van der Waals surface area contributed by atoms with Crippen molar-refractivity contribution in [3.05, 3.63) is 52.7 Å². The van der Waals surface area contributed by atoms with Crippen LogP contribution in [0.5, 0.6) is 17.2 Å². The van der Waals surface area contributed by atoms with E-state index in [1.807, 2.05) is 0 Å². The van der Waals surface area contributed by atoms with Crippen molar-refractivity contribution >= 4 is 11.0 Å². The van der Waals surface area contributed by atoms with Gasteiger partial charge in [0.25, 0.3) is 0 Å². The summed E-state index contributed by atoms with van der Waals surface area (Å²) in [4.78, 5) is 12.8. The van der Waals surface area contributed by atoms with Gasteiger partial charge in [0.15, 0.2) is 18.0 Å². The van der Waals surface area contributed by atoms with Crippen LogP contribution in [0, 0.1) is 0 Å². The summed E-state index contributed by atoms with van der Waals surface area (Å²) >= 11 is 0. The van der Waals surface area contributed by atoms with Gasteiger partial charge >= 0.3 is 0 Å². The Morgan fingerprint density at radius 3 is 2.02 bits per heavy atom. The van der Waals surface area contributed by atoms with Gasteiger partial charge in [-0.05, 0) is 24.3 Å². The van der Waals surface area contributed by atoms with Crippen molar-refractivity contribution < 1.29 is 69.0 Å². The summed E-state index contributed by atoms with van der Waals surface area (Å²) in [5.74, 6) is 0.0707. The molecule has 1 aromatic heterocycles. The van der Waals surface area contributed by atoms with E-state index in [0.29, 0.717) is 11.3 Å². The molecule has 0 unspecified atom stereocenters. The van der Waals surface area contributed by atoms with E-state index >= 15 is 0 Å². The third-order valence-corrected chi connectivity index (χ3v) is 7.05. The molecule has 15 nitrogen and oxygen atoms in total. The second-order valence-corrected chi connectivity index (χ2v) is 9.81. The molecule has 5 rings (SSSR count). The molecule has 3 heterocycles. The van der Waals surface area contributed by atoms with Crippen LogP contribution in [0.3, 0.4) is 0 Å². The Morgan fingerprint density at radius 2 is 1.38 bits per heavy atom. The minimum absolute atomic E-state index is 0.0803. The summed E-state index contributed by atoms with van der Waals surface area (Å²) in [6, 6.07) is 10.2. The van der Waals surface area contributed by atoms with Crippen molar-refractivity contribution in [1.29, 1.82) is 0 Å². The number of methoxy groups -OCH3 is 1. The van der Waals surface area contributed by atoms with Crippen molar-refractivity contribution in [2.24, 2.45) is 0 Å². The highest BCUT2D eigenvalue weighted by Gasteiger charge is 2.50. The van der Waals surface area contributed by atoms with E-state index in [1.54, 1.807) is 24.3 Å². The van der Waals surface area contributed by atoms with E-state index in [4.69, 9.17) is 28.1 Å². The number of phenolic OH excluding ortho intramolecular Hbond substituents is 1. The first-order valence-electron chi connectivity index (χ1n) is 12.8. The number of aliphatic hydroxyl groups is 7. The molecule has 3 aromatic rings. The van der Waals surface area contributed by atoms with E-state index in [-0.39, 0.29) is 22.5 Å². The topological polar surface area (TPSA) is 238 Å². The van der Waals surface area contributed by atoms with E-state index < -0.39 is 79.4 Å². The Kier molecular flexibility index (Phi) is 8.68. The normalized spacial score (nSPS) is 33.4. The predicted molar refractivity (Wildman–Crippen MR) is 138 cm³/mol. The number of rotatable bonds is 7. The highest BCUT2D eigenvalue weighted by molar-refractivity contribution is 5.86. The van der Waals surface area contributed by atoms with Crippen LogP contribution in [-0.4, -0.2) is 116 Å². The fourth-order valence-corrected chi connectivity index (χ4v) is 4.68. The van der Waals surface area contributed by atoms with Crippen molar-refractivity contribution in [3.63, 3.8) is 0 Å². The number of hydrogen-bond acceptors (Lipinski definition) is 15. The third kappa shape index (κ3) is 5.67. The van der Waals surface area contributed by atoms with Gasteiger partial charge in [-0.25, -0.2) is 0 Å². The molecule has 2 aliphatic heterocycles. The Bertz CT molecular complexity index is 1440. The maximum absolute atomic E-state index is 12.8. The lowest BCUT2D eigenvalue weighted by Crippen LogP contribution is -2.64. The average Bonchev–Trinajstić information content (AvgIpc) is 2.98. The van der Waals surface area contributed by atoms with Crippen LogP contribution in [0.2, 0.25) is 0 Å². The Morgan fingerprint density at radius 1 is 0.762 bits per heavy atom. The predicted octanol–water partition coefficient (Wildman–Crippen LogP) is -1.87. The molecule has 42 heavy (non-hydrogen) atoms. The van der Waals surface area contributed by atoms with Crippen molar-refractivity contribution in [3.8, 4) is 28.6 Å². The van der Waals surface area contributed by atoms with E-state index in [9.17, 15) is 45.6 Å². The molecule has 2 aliphatic rings. The molecular weight excluding hydrogens is 564 g/mol. The van der Waals surface area contributed by atoms with E-state index in [2.05, 4.69) is 0 Å². The fraction of sp³-hybridized carbons (Fsp3) is 0.444. The Labute approximate surface area is 236 Å². The summed E-state index contributed by atoms with van der Waals surface area (Å²) in [7, 11) is 1.51.